The summed E-state index contributed by atoms with van der Waals surface area (Å²) >= 11 is 0. The first-order chi connectivity index (χ1) is 18.0. The average Bonchev–Trinajstić information content (AvgIpc) is 2.91. The van der Waals surface area contributed by atoms with Crippen LogP contribution in [0.4, 0.5) is 0 Å². The van der Waals surface area contributed by atoms with E-state index in [0.29, 0.717) is 40.9 Å². The molecular formula is C28H26N2O7. The van der Waals surface area contributed by atoms with Gasteiger partial charge in [0.05, 0.1) is 26.7 Å². The molecule has 3 aromatic carbocycles. The van der Waals surface area contributed by atoms with Crippen LogP contribution in [0.3, 0.4) is 0 Å². The Morgan fingerprint density at radius 3 is 2.41 bits per heavy atom. The molecule has 1 aliphatic rings. The van der Waals surface area contributed by atoms with E-state index < -0.39 is 11.9 Å². The quantitative estimate of drug-likeness (QED) is 0.337. The minimum atomic E-state index is -0.615. The molecule has 37 heavy (non-hydrogen) atoms. The molecule has 1 unspecified atom stereocenters. The van der Waals surface area contributed by atoms with Crippen LogP contribution in [0.15, 0.2) is 72.1 Å². The summed E-state index contributed by atoms with van der Waals surface area (Å²) in [6.07, 6.45) is 0. The molecular weight excluding hydrogens is 476 g/mol. The second kappa shape index (κ2) is 11.3. The number of nitrogens with two attached hydrogens (primary N) is 1. The van der Waals surface area contributed by atoms with Crippen LogP contribution in [-0.4, -0.2) is 33.4 Å². The lowest BCUT2D eigenvalue weighted by molar-refractivity contribution is -0.136. The fraction of sp³-hybridized carbons (Fsp3) is 0.214. The number of nitrogens with zero attached hydrogens (tertiary/aromatic N) is 1. The third kappa shape index (κ3) is 5.38. The molecule has 0 aliphatic carbocycles. The van der Waals surface area contributed by atoms with E-state index in [-0.39, 0.29) is 23.8 Å². The Morgan fingerprint density at radius 1 is 0.973 bits per heavy atom. The number of fused-ring (bicyclic) bond motifs is 1. The van der Waals surface area contributed by atoms with E-state index in [2.05, 4.69) is 6.07 Å². The predicted octanol–water partition coefficient (Wildman–Crippen LogP) is 4.31. The van der Waals surface area contributed by atoms with Crippen LogP contribution >= 0.6 is 0 Å². The molecule has 0 fully saturated rings. The molecule has 9 heteroatoms. The highest BCUT2D eigenvalue weighted by Gasteiger charge is 2.31. The molecule has 0 saturated carbocycles. The summed E-state index contributed by atoms with van der Waals surface area (Å²) in [6, 6.07) is 19.5. The first-order valence-electron chi connectivity index (χ1n) is 11.5. The maximum atomic E-state index is 12.4. The summed E-state index contributed by atoms with van der Waals surface area (Å²) in [7, 11) is 3.06. The number of carbonyl (C=O) groups is 1. The van der Waals surface area contributed by atoms with Gasteiger partial charge in [0.25, 0.3) is 0 Å². The van der Waals surface area contributed by atoms with Gasteiger partial charge >= 0.3 is 5.97 Å². The Bertz CT molecular complexity index is 1380. The van der Waals surface area contributed by atoms with Gasteiger partial charge in [0, 0.05) is 11.6 Å². The maximum absolute atomic E-state index is 12.4. The van der Waals surface area contributed by atoms with Crippen molar-refractivity contribution in [1.82, 2.24) is 0 Å². The van der Waals surface area contributed by atoms with Crippen molar-refractivity contribution in [2.75, 3.05) is 27.4 Å². The van der Waals surface area contributed by atoms with Crippen LogP contribution in [0.5, 0.6) is 34.5 Å². The highest BCUT2D eigenvalue weighted by atomic mass is 16.6. The second-order valence-corrected chi connectivity index (χ2v) is 7.88. The Kier molecular flexibility index (Phi) is 7.69. The van der Waals surface area contributed by atoms with Gasteiger partial charge in [-0.05, 0) is 42.8 Å². The van der Waals surface area contributed by atoms with Gasteiger partial charge in [-0.25, -0.2) is 4.79 Å². The standard InChI is InChI=1S/C28H26N2O7/c1-4-34-23-12-9-17(13-25(23)33-3)27-19-11-10-18(14-24(19)37-28(30)20(27)15-29)36-26(31)16-35-22-8-6-5-7-21(22)32-2/h5-14,27H,4,16,30H2,1-3H3. The van der Waals surface area contributed by atoms with Crippen molar-refractivity contribution in [2.24, 2.45) is 5.73 Å². The molecule has 3 aromatic rings. The number of rotatable bonds is 9. The molecule has 0 amide bonds. The fourth-order valence-electron chi connectivity index (χ4n) is 4.02. The molecule has 0 saturated heterocycles. The molecule has 1 atom stereocenters. The number of methoxy groups -OCH3 is 2. The van der Waals surface area contributed by atoms with Crippen molar-refractivity contribution < 1.29 is 33.2 Å². The van der Waals surface area contributed by atoms with Crippen LogP contribution in [0.25, 0.3) is 0 Å². The Morgan fingerprint density at radius 2 is 1.70 bits per heavy atom. The number of para-hydroxylation sites is 2. The van der Waals surface area contributed by atoms with Crippen LogP contribution in [-0.2, 0) is 4.79 Å². The minimum Gasteiger partial charge on any atom is -0.493 e. The first kappa shape index (κ1) is 25.3. The lowest BCUT2D eigenvalue weighted by Gasteiger charge is -2.27. The van der Waals surface area contributed by atoms with Gasteiger partial charge in [0.2, 0.25) is 5.88 Å². The topological polar surface area (TPSA) is 122 Å². The zero-order valence-corrected chi connectivity index (χ0v) is 20.6. The second-order valence-electron chi connectivity index (χ2n) is 7.88. The predicted molar refractivity (Wildman–Crippen MR) is 134 cm³/mol. The fourth-order valence-corrected chi connectivity index (χ4v) is 4.02. The number of hydrogen-bond acceptors (Lipinski definition) is 9. The number of nitriles is 1. The number of hydrogen-bond donors (Lipinski definition) is 1. The molecule has 1 heterocycles. The summed E-state index contributed by atoms with van der Waals surface area (Å²) in [5, 5.41) is 9.83. The first-order valence-corrected chi connectivity index (χ1v) is 11.5. The largest absolute Gasteiger partial charge is 0.493 e. The third-order valence-corrected chi connectivity index (χ3v) is 5.66. The van der Waals surface area contributed by atoms with Crippen LogP contribution in [0.2, 0.25) is 0 Å². The van der Waals surface area contributed by atoms with E-state index in [1.165, 1.54) is 7.11 Å². The number of carbonyl (C=O) groups excluding carboxylic acids is 1. The number of benzene rings is 3. The molecule has 0 spiro atoms. The lowest BCUT2D eigenvalue weighted by Crippen LogP contribution is -2.22. The van der Waals surface area contributed by atoms with E-state index in [1.54, 1.807) is 61.7 Å². The van der Waals surface area contributed by atoms with Crippen molar-refractivity contribution in [1.29, 1.82) is 5.26 Å². The van der Waals surface area contributed by atoms with Gasteiger partial charge in [0.1, 0.15) is 23.1 Å². The normalized spacial score (nSPS) is 14.1. The molecule has 0 aromatic heterocycles. The van der Waals surface area contributed by atoms with Crippen molar-refractivity contribution in [2.45, 2.75) is 12.8 Å². The zero-order chi connectivity index (χ0) is 26.4. The van der Waals surface area contributed by atoms with Crippen LogP contribution < -0.4 is 34.2 Å². The van der Waals surface area contributed by atoms with Crippen LogP contribution in [0, 0.1) is 11.3 Å². The highest BCUT2D eigenvalue weighted by molar-refractivity contribution is 5.74. The van der Waals surface area contributed by atoms with Gasteiger partial charge in [-0.2, -0.15) is 5.26 Å². The Labute approximate surface area is 214 Å². The van der Waals surface area contributed by atoms with Crippen molar-refractivity contribution in [3.63, 3.8) is 0 Å². The summed E-state index contributed by atoms with van der Waals surface area (Å²) in [4.78, 5) is 12.4. The third-order valence-electron chi connectivity index (χ3n) is 5.66. The molecule has 190 valence electrons. The monoisotopic (exact) mass is 502 g/mol. The van der Waals surface area contributed by atoms with Gasteiger partial charge < -0.3 is 34.2 Å². The summed E-state index contributed by atoms with van der Waals surface area (Å²) in [5.41, 5.74) is 7.81. The molecule has 0 bridgehead atoms. The van der Waals surface area contributed by atoms with E-state index in [9.17, 15) is 10.1 Å². The number of ether oxygens (including phenoxy) is 6. The smallest absolute Gasteiger partial charge is 0.349 e. The molecule has 9 nitrogen and oxygen atoms in total. The van der Waals surface area contributed by atoms with Gasteiger partial charge in [-0.15, -0.1) is 0 Å². The Hall–Kier alpha value is -4.84. The molecule has 0 radical (unpaired) electrons. The van der Waals surface area contributed by atoms with Crippen molar-refractivity contribution in [3.05, 3.63) is 83.2 Å². The number of esters is 1. The van der Waals surface area contributed by atoms with Crippen molar-refractivity contribution in [3.8, 4) is 40.6 Å². The van der Waals surface area contributed by atoms with E-state index in [4.69, 9.17) is 34.2 Å². The van der Waals surface area contributed by atoms with Gasteiger partial charge in [-0.1, -0.05) is 24.3 Å². The van der Waals surface area contributed by atoms with E-state index >= 15 is 0 Å². The molecule has 4 rings (SSSR count). The van der Waals surface area contributed by atoms with Crippen LogP contribution in [0.1, 0.15) is 24.0 Å². The maximum Gasteiger partial charge on any atom is 0.349 e. The molecule has 2 N–H and O–H groups in total. The average molecular weight is 503 g/mol. The highest BCUT2D eigenvalue weighted by Crippen LogP contribution is 2.45. The summed E-state index contributed by atoms with van der Waals surface area (Å²) in [5.74, 6) is 1.49. The summed E-state index contributed by atoms with van der Waals surface area (Å²) in [6.45, 7) is 2.04. The summed E-state index contributed by atoms with van der Waals surface area (Å²) < 4.78 is 33.0. The van der Waals surface area contributed by atoms with E-state index in [0.717, 1.165) is 5.56 Å². The molecule has 1 aliphatic heterocycles. The van der Waals surface area contributed by atoms with E-state index in [1.807, 2.05) is 13.0 Å². The lowest BCUT2D eigenvalue weighted by atomic mass is 9.83. The Balaban J connectivity index is 1.57. The van der Waals surface area contributed by atoms with Crippen molar-refractivity contribution >= 4 is 5.97 Å². The van der Waals surface area contributed by atoms with Gasteiger partial charge in [0.15, 0.2) is 29.6 Å². The zero-order valence-electron chi connectivity index (χ0n) is 20.6. The van der Waals surface area contributed by atoms with Gasteiger partial charge in [-0.3, -0.25) is 0 Å². The SMILES string of the molecule is CCOc1ccc(C2C(C#N)=C(N)Oc3cc(OC(=O)COc4ccccc4OC)ccc32)cc1OC. The minimum absolute atomic E-state index is 0.0316. The number of allylic oxidation sites excluding steroid dienone is 1.